The minimum atomic E-state index is -0.891. The second-order valence-corrected chi connectivity index (χ2v) is 9.73. The average molecular weight is 434 g/mol. The molecule has 1 atom stereocenters. The summed E-state index contributed by atoms with van der Waals surface area (Å²) in [6.45, 7) is 5.75. The molecule has 1 heterocycles. The van der Waals surface area contributed by atoms with E-state index in [0.29, 0.717) is 22.4 Å². The van der Waals surface area contributed by atoms with Crippen LogP contribution in [0.2, 0.25) is 0 Å². The van der Waals surface area contributed by atoms with Crippen molar-refractivity contribution >= 4 is 23.4 Å². The molecule has 2 N–H and O–H groups in total. The van der Waals surface area contributed by atoms with Gasteiger partial charge in [-0.3, -0.25) is 14.4 Å². The molecule has 1 unspecified atom stereocenters. The Kier molecular flexibility index (Phi) is 6.04. The number of carbonyl (C=O) groups is 3. The van der Waals surface area contributed by atoms with E-state index in [-0.39, 0.29) is 23.8 Å². The lowest BCUT2D eigenvalue weighted by Crippen LogP contribution is -2.52. The summed E-state index contributed by atoms with van der Waals surface area (Å²) in [5.41, 5.74) is 1.36. The summed E-state index contributed by atoms with van der Waals surface area (Å²) in [5, 5.41) is 5.96. The summed E-state index contributed by atoms with van der Waals surface area (Å²) in [4.78, 5) is 42.8. The lowest BCUT2D eigenvalue weighted by atomic mass is 9.89. The number of carbonyl (C=O) groups excluding carboxylic acids is 3. The number of nitrogens with zero attached hydrogens (tertiary/aromatic N) is 1. The minimum absolute atomic E-state index is 0.0683. The Morgan fingerprint density at radius 3 is 2.25 bits per heavy atom. The molecule has 32 heavy (non-hydrogen) atoms. The highest BCUT2D eigenvalue weighted by atomic mass is 16.2. The molecule has 1 aliphatic heterocycles. The van der Waals surface area contributed by atoms with E-state index in [1.807, 2.05) is 26.8 Å². The van der Waals surface area contributed by atoms with E-state index in [4.69, 9.17) is 0 Å². The number of amides is 3. The third-order valence-corrected chi connectivity index (χ3v) is 6.13. The maximum Gasteiger partial charge on any atom is 0.257 e. The van der Waals surface area contributed by atoms with Crippen LogP contribution in [-0.2, 0) is 4.79 Å². The summed E-state index contributed by atoms with van der Waals surface area (Å²) in [5.74, 6) is -0.811. The molecular formula is C26H31N3O3. The van der Waals surface area contributed by atoms with Crippen LogP contribution in [0.5, 0.6) is 0 Å². The van der Waals surface area contributed by atoms with E-state index < -0.39 is 11.6 Å². The van der Waals surface area contributed by atoms with Crippen LogP contribution in [0.3, 0.4) is 0 Å². The van der Waals surface area contributed by atoms with Crippen LogP contribution in [0.25, 0.3) is 0 Å². The van der Waals surface area contributed by atoms with Gasteiger partial charge in [0, 0.05) is 17.1 Å². The largest absolute Gasteiger partial charge is 0.349 e. The van der Waals surface area contributed by atoms with Gasteiger partial charge < -0.3 is 15.5 Å². The Bertz CT molecular complexity index is 1030. The van der Waals surface area contributed by atoms with Crippen LogP contribution in [0.15, 0.2) is 48.5 Å². The molecular weight excluding hydrogens is 402 g/mol. The molecule has 2 aliphatic rings. The van der Waals surface area contributed by atoms with Crippen molar-refractivity contribution in [2.24, 2.45) is 0 Å². The van der Waals surface area contributed by atoms with E-state index in [9.17, 15) is 14.4 Å². The van der Waals surface area contributed by atoms with Crippen molar-refractivity contribution in [3.05, 3.63) is 65.2 Å². The first kappa shape index (κ1) is 22.1. The molecule has 0 radical (unpaired) electrons. The van der Waals surface area contributed by atoms with Gasteiger partial charge in [-0.2, -0.15) is 0 Å². The second-order valence-electron chi connectivity index (χ2n) is 9.73. The summed E-state index contributed by atoms with van der Waals surface area (Å²) < 4.78 is 0. The van der Waals surface area contributed by atoms with Gasteiger partial charge in [-0.1, -0.05) is 49.6 Å². The Morgan fingerprint density at radius 1 is 0.938 bits per heavy atom. The number of hydrogen-bond acceptors (Lipinski definition) is 3. The van der Waals surface area contributed by atoms with Crippen molar-refractivity contribution < 1.29 is 14.4 Å². The molecule has 6 heteroatoms. The number of anilines is 1. The summed E-state index contributed by atoms with van der Waals surface area (Å²) in [6, 6.07) is 13.2. The first-order valence-electron chi connectivity index (χ1n) is 11.4. The Labute approximate surface area is 189 Å². The first-order chi connectivity index (χ1) is 15.3. The molecule has 0 spiro atoms. The van der Waals surface area contributed by atoms with Gasteiger partial charge in [-0.25, -0.2) is 0 Å². The SMILES string of the molecule is CC(C)(C)NC(=O)C1c2ccccc2C(=O)Nc2ccccc2C(=O)N1C1CCCCC1. The highest BCUT2D eigenvalue weighted by Crippen LogP contribution is 2.36. The van der Waals surface area contributed by atoms with Crippen LogP contribution in [-0.4, -0.2) is 34.2 Å². The number of nitrogens with one attached hydrogen (secondary N) is 2. The van der Waals surface area contributed by atoms with E-state index in [0.717, 1.165) is 32.1 Å². The summed E-state index contributed by atoms with van der Waals surface area (Å²) >= 11 is 0. The molecule has 0 aromatic heterocycles. The average Bonchev–Trinajstić information content (AvgIpc) is 2.80. The zero-order valence-corrected chi connectivity index (χ0v) is 19.0. The zero-order valence-electron chi connectivity index (χ0n) is 19.0. The second kappa shape index (κ2) is 8.77. The Morgan fingerprint density at radius 2 is 1.56 bits per heavy atom. The molecule has 1 fully saturated rings. The third-order valence-electron chi connectivity index (χ3n) is 6.13. The lowest BCUT2D eigenvalue weighted by molar-refractivity contribution is -0.128. The van der Waals surface area contributed by atoms with E-state index in [1.165, 1.54) is 0 Å². The van der Waals surface area contributed by atoms with Crippen molar-refractivity contribution in [3.8, 4) is 0 Å². The Hall–Kier alpha value is -3.15. The van der Waals surface area contributed by atoms with Crippen LogP contribution in [0.1, 0.15) is 85.2 Å². The smallest absolute Gasteiger partial charge is 0.257 e. The minimum Gasteiger partial charge on any atom is -0.349 e. The van der Waals surface area contributed by atoms with Crippen molar-refractivity contribution in [1.82, 2.24) is 10.2 Å². The van der Waals surface area contributed by atoms with Crippen LogP contribution < -0.4 is 10.6 Å². The highest BCUT2D eigenvalue weighted by Gasteiger charge is 2.41. The van der Waals surface area contributed by atoms with Crippen molar-refractivity contribution in [3.63, 3.8) is 0 Å². The molecule has 2 aromatic carbocycles. The van der Waals surface area contributed by atoms with Crippen LogP contribution in [0.4, 0.5) is 5.69 Å². The van der Waals surface area contributed by atoms with E-state index >= 15 is 0 Å². The molecule has 0 bridgehead atoms. The normalized spacial score (nSPS) is 19.7. The van der Waals surface area contributed by atoms with E-state index in [2.05, 4.69) is 10.6 Å². The fourth-order valence-corrected chi connectivity index (χ4v) is 4.76. The number of benzene rings is 2. The topological polar surface area (TPSA) is 78.5 Å². The molecule has 6 nitrogen and oxygen atoms in total. The summed E-state index contributed by atoms with van der Waals surface area (Å²) in [7, 11) is 0. The fourth-order valence-electron chi connectivity index (χ4n) is 4.76. The van der Waals surface area contributed by atoms with Gasteiger partial charge in [0.05, 0.1) is 11.3 Å². The van der Waals surface area contributed by atoms with Gasteiger partial charge in [0.1, 0.15) is 6.04 Å². The highest BCUT2D eigenvalue weighted by molar-refractivity contribution is 6.12. The summed E-state index contributed by atoms with van der Waals surface area (Å²) in [6.07, 6.45) is 4.85. The Balaban J connectivity index is 1.95. The van der Waals surface area contributed by atoms with Gasteiger partial charge in [0.25, 0.3) is 11.8 Å². The van der Waals surface area contributed by atoms with Crippen LogP contribution in [0, 0.1) is 0 Å². The first-order valence-corrected chi connectivity index (χ1v) is 11.4. The molecule has 3 amide bonds. The molecule has 1 aliphatic carbocycles. The molecule has 0 saturated heterocycles. The molecule has 4 rings (SSSR count). The van der Waals surface area contributed by atoms with E-state index in [1.54, 1.807) is 47.4 Å². The monoisotopic (exact) mass is 433 g/mol. The zero-order chi connectivity index (χ0) is 22.9. The van der Waals surface area contributed by atoms with Gasteiger partial charge in [-0.05, 0) is 57.4 Å². The van der Waals surface area contributed by atoms with Crippen LogP contribution >= 0.6 is 0 Å². The van der Waals surface area contributed by atoms with Gasteiger partial charge in [0.15, 0.2) is 0 Å². The predicted molar refractivity (Wildman–Crippen MR) is 125 cm³/mol. The lowest BCUT2D eigenvalue weighted by Gasteiger charge is -2.40. The van der Waals surface area contributed by atoms with Gasteiger partial charge in [-0.15, -0.1) is 0 Å². The molecule has 168 valence electrons. The standard InChI is InChI=1S/C26H31N3O3/c1-26(2,3)28-24(31)22-18-13-7-8-14-19(18)23(30)27-21-16-10-9-15-20(21)25(32)29(22)17-11-5-4-6-12-17/h7-10,13-17,22H,4-6,11-12H2,1-3H3,(H,27,30)(H,28,31). The molecule has 2 aromatic rings. The third kappa shape index (κ3) is 4.40. The van der Waals surface area contributed by atoms with Gasteiger partial charge in [0.2, 0.25) is 5.91 Å². The number of fused-ring (bicyclic) bond motifs is 2. The van der Waals surface area contributed by atoms with Crippen molar-refractivity contribution in [1.29, 1.82) is 0 Å². The maximum absolute atomic E-state index is 14.0. The fraction of sp³-hybridized carbons (Fsp3) is 0.423. The van der Waals surface area contributed by atoms with Gasteiger partial charge >= 0.3 is 0 Å². The maximum atomic E-state index is 14.0. The van der Waals surface area contributed by atoms with Crippen molar-refractivity contribution in [2.75, 3.05) is 5.32 Å². The number of para-hydroxylation sites is 1. The number of hydrogen-bond donors (Lipinski definition) is 2. The number of rotatable bonds is 2. The molecule has 1 saturated carbocycles. The quantitative estimate of drug-likeness (QED) is 0.722. The van der Waals surface area contributed by atoms with Crippen molar-refractivity contribution in [2.45, 2.75) is 70.5 Å². The predicted octanol–water partition coefficient (Wildman–Crippen LogP) is 4.68.